The van der Waals surface area contributed by atoms with Crippen molar-refractivity contribution >= 4 is 11.8 Å². The maximum atomic E-state index is 12.3. The van der Waals surface area contributed by atoms with Crippen molar-refractivity contribution in [2.75, 3.05) is 13.6 Å². The van der Waals surface area contributed by atoms with E-state index in [1.165, 1.54) is 11.9 Å². The number of aliphatic hydroxyl groups is 1. The van der Waals surface area contributed by atoms with Gasteiger partial charge in [0.15, 0.2) is 0 Å². The predicted molar refractivity (Wildman–Crippen MR) is 67.6 cm³/mol. The molecular weight excluding hydrogens is 234 g/mol. The number of likely N-dealkylation sites (tertiary alicyclic amines) is 1. The zero-order chi connectivity index (χ0) is 14.1. The number of hydrogen-bond donors (Lipinski definition) is 3. The van der Waals surface area contributed by atoms with E-state index in [-0.39, 0.29) is 30.2 Å². The van der Waals surface area contributed by atoms with Crippen LogP contribution in [-0.4, -0.2) is 53.6 Å². The van der Waals surface area contributed by atoms with Crippen LogP contribution in [0, 0.1) is 5.41 Å². The van der Waals surface area contributed by atoms with E-state index in [4.69, 9.17) is 5.73 Å². The molecule has 1 aliphatic rings. The Balaban J connectivity index is 2.86. The molecule has 0 bridgehead atoms. The molecule has 0 saturated carbocycles. The third-order valence-electron chi connectivity index (χ3n) is 3.31. The van der Waals surface area contributed by atoms with Gasteiger partial charge >= 0.3 is 0 Å². The summed E-state index contributed by atoms with van der Waals surface area (Å²) in [5, 5.41) is 12.1. The smallest absolute Gasteiger partial charge is 0.242 e. The molecule has 0 aliphatic carbocycles. The molecular formula is C12H23N3O3. The summed E-state index contributed by atoms with van der Waals surface area (Å²) in [4.78, 5) is 25.4. The Labute approximate surface area is 108 Å². The summed E-state index contributed by atoms with van der Waals surface area (Å²) < 4.78 is 0. The standard InChI is InChI=1S/C12H23N3O3/c1-12(2,3)9(13)11(18)15-6-7(16)5-8(15)10(17)14-4/h7-9,16H,5-6,13H2,1-4H3,(H,14,17)/t7-,8+,9?/m1/s1. The Morgan fingerprint density at radius 3 is 2.44 bits per heavy atom. The number of nitrogens with zero attached hydrogens (tertiary/aromatic N) is 1. The van der Waals surface area contributed by atoms with Gasteiger partial charge in [0, 0.05) is 20.0 Å². The Kier molecular flexibility index (Phi) is 4.34. The van der Waals surface area contributed by atoms with Crippen LogP contribution in [-0.2, 0) is 9.59 Å². The lowest BCUT2D eigenvalue weighted by molar-refractivity contribution is -0.141. The van der Waals surface area contributed by atoms with E-state index < -0.39 is 18.2 Å². The molecule has 0 radical (unpaired) electrons. The fourth-order valence-electron chi connectivity index (χ4n) is 2.02. The van der Waals surface area contributed by atoms with Crippen LogP contribution in [0.25, 0.3) is 0 Å². The van der Waals surface area contributed by atoms with Crippen LogP contribution >= 0.6 is 0 Å². The molecule has 1 fully saturated rings. The summed E-state index contributed by atoms with van der Waals surface area (Å²) in [6.07, 6.45) is -0.397. The van der Waals surface area contributed by atoms with Gasteiger partial charge in [-0.3, -0.25) is 9.59 Å². The minimum Gasteiger partial charge on any atom is -0.391 e. The fourth-order valence-corrected chi connectivity index (χ4v) is 2.02. The lowest BCUT2D eigenvalue weighted by Gasteiger charge is -2.32. The molecule has 0 aromatic rings. The van der Waals surface area contributed by atoms with Crippen LogP contribution in [0.3, 0.4) is 0 Å². The van der Waals surface area contributed by atoms with Crippen molar-refractivity contribution in [2.45, 2.75) is 45.4 Å². The van der Waals surface area contributed by atoms with Gasteiger partial charge in [-0.1, -0.05) is 20.8 Å². The molecule has 104 valence electrons. The number of β-amino-alcohol motifs (C(OH)–C–C–N with tert-alkyl or cyclic N) is 1. The van der Waals surface area contributed by atoms with Gasteiger partial charge in [-0.05, 0) is 5.41 Å². The van der Waals surface area contributed by atoms with E-state index in [2.05, 4.69) is 5.32 Å². The quantitative estimate of drug-likeness (QED) is 0.595. The lowest BCUT2D eigenvalue weighted by Crippen LogP contribution is -2.54. The van der Waals surface area contributed by atoms with Gasteiger partial charge in [0.1, 0.15) is 6.04 Å². The Bertz CT molecular complexity index is 338. The van der Waals surface area contributed by atoms with Crippen LogP contribution in [0.15, 0.2) is 0 Å². The Morgan fingerprint density at radius 1 is 1.44 bits per heavy atom. The topological polar surface area (TPSA) is 95.7 Å². The molecule has 18 heavy (non-hydrogen) atoms. The summed E-state index contributed by atoms with van der Waals surface area (Å²) in [5.74, 6) is -0.548. The average molecular weight is 257 g/mol. The molecule has 1 aliphatic heterocycles. The monoisotopic (exact) mass is 257 g/mol. The molecule has 3 atom stereocenters. The van der Waals surface area contributed by atoms with Crippen molar-refractivity contribution in [3.05, 3.63) is 0 Å². The van der Waals surface area contributed by atoms with Gasteiger partial charge in [0.25, 0.3) is 0 Å². The van der Waals surface area contributed by atoms with Crippen molar-refractivity contribution in [1.29, 1.82) is 0 Å². The number of hydrogen-bond acceptors (Lipinski definition) is 4. The van der Waals surface area contributed by atoms with Crippen molar-refractivity contribution in [3.8, 4) is 0 Å². The van der Waals surface area contributed by atoms with E-state index in [1.807, 2.05) is 20.8 Å². The number of rotatable bonds is 2. The van der Waals surface area contributed by atoms with Gasteiger partial charge < -0.3 is 21.1 Å². The van der Waals surface area contributed by atoms with Gasteiger partial charge in [-0.25, -0.2) is 0 Å². The van der Waals surface area contributed by atoms with Gasteiger partial charge in [-0.2, -0.15) is 0 Å². The first kappa shape index (κ1) is 14.9. The summed E-state index contributed by atoms with van der Waals surface area (Å²) in [5.41, 5.74) is 5.54. The minimum absolute atomic E-state index is 0.167. The molecule has 0 aromatic heterocycles. The largest absolute Gasteiger partial charge is 0.391 e. The number of nitrogens with two attached hydrogens (primary N) is 1. The predicted octanol–water partition coefficient (Wildman–Crippen LogP) is -0.932. The van der Waals surface area contributed by atoms with E-state index in [0.29, 0.717) is 0 Å². The highest BCUT2D eigenvalue weighted by Gasteiger charge is 2.42. The molecule has 0 aromatic carbocycles. The SMILES string of the molecule is CNC(=O)[C@@H]1C[C@@H](O)CN1C(=O)C(N)C(C)(C)C. The fraction of sp³-hybridized carbons (Fsp3) is 0.833. The van der Waals surface area contributed by atoms with Crippen LogP contribution in [0.4, 0.5) is 0 Å². The Morgan fingerprint density at radius 2 is 2.00 bits per heavy atom. The maximum Gasteiger partial charge on any atom is 0.242 e. The van der Waals surface area contributed by atoms with Gasteiger partial charge in [-0.15, -0.1) is 0 Å². The molecule has 6 heteroatoms. The second-order valence-electron chi connectivity index (χ2n) is 5.85. The lowest BCUT2D eigenvalue weighted by atomic mass is 9.86. The number of carbonyl (C=O) groups is 2. The number of amides is 2. The number of nitrogens with one attached hydrogen (secondary N) is 1. The van der Waals surface area contributed by atoms with E-state index in [0.717, 1.165) is 0 Å². The third kappa shape index (κ3) is 3.00. The number of carbonyl (C=O) groups excluding carboxylic acids is 2. The molecule has 2 amide bonds. The van der Waals surface area contributed by atoms with Gasteiger partial charge in [0.05, 0.1) is 12.1 Å². The molecule has 4 N–H and O–H groups in total. The van der Waals surface area contributed by atoms with Crippen molar-refractivity contribution < 1.29 is 14.7 Å². The van der Waals surface area contributed by atoms with Gasteiger partial charge in [0.2, 0.25) is 11.8 Å². The Hall–Kier alpha value is -1.14. The number of likely N-dealkylation sites (N-methyl/N-ethyl adjacent to an activating group) is 1. The first-order chi connectivity index (χ1) is 8.18. The minimum atomic E-state index is -0.685. The zero-order valence-electron chi connectivity index (χ0n) is 11.4. The van der Waals surface area contributed by atoms with E-state index >= 15 is 0 Å². The highest BCUT2D eigenvalue weighted by Crippen LogP contribution is 2.24. The van der Waals surface area contributed by atoms with E-state index in [9.17, 15) is 14.7 Å². The maximum absolute atomic E-state index is 12.3. The second kappa shape index (κ2) is 5.24. The highest BCUT2D eigenvalue weighted by molar-refractivity contribution is 5.90. The molecule has 0 spiro atoms. The first-order valence-corrected chi connectivity index (χ1v) is 6.14. The summed E-state index contributed by atoms with van der Waals surface area (Å²) in [6.45, 7) is 5.78. The normalized spacial score (nSPS) is 26.0. The van der Waals surface area contributed by atoms with Crippen LogP contribution in [0.5, 0.6) is 0 Å². The molecule has 1 unspecified atom stereocenters. The highest BCUT2D eigenvalue weighted by atomic mass is 16.3. The van der Waals surface area contributed by atoms with Crippen molar-refractivity contribution in [2.24, 2.45) is 11.1 Å². The summed E-state index contributed by atoms with van der Waals surface area (Å²) in [6, 6.07) is -1.30. The van der Waals surface area contributed by atoms with Crippen molar-refractivity contribution in [1.82, 2.24) is 10.2 Å². The zero-order valence-corrected chi connectivity index (χ0v) is 11.4. The molecule has 1 saturated heterocycles. The molecule has 6 nitrogen and oxygen atoms in total. The first-order valence-electron chi connectivity index (χ1n) is 6.14. The van der Waals surface area contributed by atoms with Crippen LogP contribution in [0.1, 0.15) is 27.2 Å². The number of aliphatic hydroxyl groups excluding tert-OH is 1. The molecule has 1 rings (SSSR count). The van der Waals surface area contributed by atoms with E-state index in [1.54, 1.807) is 0 Å². The third-order valence-corrected chi connectivity index (χ3v) is 3.31. The van der Waals surface area contributed by atoms with Crippen LogP contribution in [0.2, 0.25) is 0 Å². The average Bonchev–Trinajstić information content (AvgIpc) is 2.67. The van der Waals surface area contributed by atoms with Crippen LogP contribution < -0.4 is 11.1 Å². The summed E-state index contributed by atoms with van der Waals surface area (Å²) in [7, 11) is 1.51. The van der Waals surface area contributed by atoms with Crippen molar-refractivity contribution in [3.63, 3.8) is 0 Å². The second-order valence-corrected chi connectivity index (χ2v) is 5.85. The summed E-state index contributed by atoms with van der Waals surface area (Å²) >= 11 is 0. The molecule has 1 heterocycles.